The molecule has 0 atom stereocenters. The van der Waals surface area contributed by atoms with Gasteiger partial charge in [0, 0.05) is 38.6 Å². The molecule has 0 fully saturated rings. The number of nitrogens with zero attached hydrogens (tertiary/aromatic N) is 3. The van der Waals surface area contributed by atoms with Gasteiger partial charge >= 0.3 is 0 Å². The highest BCUT2D eigenvalue weighted by Gasteiger charge is 2.16. The Kier molecular flexibility index (Phi) is 5.27. The Morgan fingerprint density at radius 2 is 1.88 bits per heavy atom. The maximum Gasteiger partial charge on any atom is 0.257 e. The van der Waals surface area contributed by atoms with Gasteiger partial charge in [0.15, 0.2) is 0 Å². The lowest BCUT2D eigenvalue weighted by atomic mass is 10.0. The number of hydrogen-bond donors (Lipinski definition) is 1. The summed E-state index contributed by atoms with van der Waals surface area (Å²) in [6, 6.07) is 15.7. The van der Waals surface area contributed by atoms with E-state index in [0.717, 1.165) is 22.4 Å². The summed E-state index contributed by atoms with van der Waals surface area (Å²) in [5.74, 6) is 0.496. The van der Waals surface area contributed by atoms with Gasteiger partial charge in [-0.25, -0.2) is 4.98 Å². The van der Waals surface area contributed by atoms with E-state index in [1.165, 1.54) is 0 Å². The molecule has 5 heteroatoms. The standard InChI is InChI=1S/C21H22N4O/c1-15-7-4-5-9-17(15)19-11-10-18(21(26)25(2)3)20(24-19)23-14-16-8-6-12-22-13-16/h4-13H,14H2,1-3H3,(H,23,24). The number of aromatic nitrogens is 2. The van der Waals surface area contributed by atoms with Gasteiger partial charge in [0.25, 0.3) is 5.91 Å². The van der Waals surface area contributed by atoms with Crippen molar-refractivity contribution in [2.24, 2.45) is 0 Å². The van der Waals surface area contributed by atoms with Crippen molar-refractivity contribution in [2.75, 3.05) is 19.4 Å². The molecule has 1 amide bonds. The van der Waals surface area contributed by atoms with Gasteiger partial charge in [0.05, 0.1) is 11.3 Å². The predicted molar refractivity (Wildman–Crippen MR) is 104 cm³/mol. The van der Waals surface area contributed by atoms with Crippen molar-refractivity contribution in [1.82, 2.24) is 14.9 Å². The van der Waals surface area contributed by atoms with E-state index in [9.17, 15) is 4.79 Å². The molecule has 0 radical (unpaired) electrons. The first-order valence-corrected chi connectivity index (χ1v) is 8.47. The molecule has 0 aliphatic rings. The Hall–Kier alpha value is -3.21. The molecule has 0 spiro atoms. The van der Waals surface area contributed by atoms with Gasteiger partial charge in [0.2, 0.25) is 0 Å². The second-order valence-corrected chi connectivity index (χ2v) is 6.32. The Morgan fingerprint density at radius 1 is 1.08 bits per heavy atom. The summed E-state index contributed by atoms with van der Waals surface area (Å²) < 4.78 is 0. The lowest BCUT2D eigenvalue weighted by Gasteiger charge is -2.16. The van der Waals surface area contributed by atoms with Gasteiger partial charge in [0.1, 0.15) is 5.82 Å². The molecule has 2 aromatic heterocycles. The molecule has 3 rings (SSSR count). The average Bonchev–Trinajstić information content (AvgIpc) is 2.67. The molecule has 26 heavy (non-hydrogen) atoms. The number of carbonyl (C=O) groups excluding carboxylic acids is 1. The second-order valence-electron chi connectivity index (χ2n) is 6.32. The van der Waals surface area contributed by atoms with Crippen LogP contribution in [0.4, 0.5) is 5.82 Å². The summed E-state index contributed by atoms with van der Waals surface area (Å²) in [5, 5.41) is 3.30. The summed E-state index contributed by atoms with van der Waals surface area (Å²) >= 11 is 0. The smallest absolute Gasteiger partial charge is 0.257 e. The molecule has 3 aromatic rings. The second kappa shape index (κ2) is 7.78. The third kappa shape index (κ3) is 3.88. The minimum Gasteiger partial charge on any atom is -0.365 e. The first-order chi connectivity index (χ1) is 12.6. The molecule has 0 bridgehead atoms. The Labute approximate surface area is 153 Å². The average molecular weight is 346 g/mol. The molecule has 1 N–H and O–H groups in total. The SMILES string of the molecule is Cc1ccccc1-c1ccc(C(=O)N(C)C)c(NCc2cccnc2)n1. The van der Waals surface area contributed by atoms with Crippen LogP contribution in [0.2, 0.25) is 0 Å². The number of benzene rings is 1. The lowest BCUT2D eigenvalue weighted by Crippen LogP contribution is -2.23. The third-order valence-corrected chi connectivity index (χ3v) is 4.14. The highest BCUT2D eigenvalue weighted by molar-refractivity contribution is 5.99. The van der Waals surface area contributed by atoms with Crippen LogP contribution < -0.4 is 5.32 Å². The zero-order valence-electron chi connectivity index (χ0n) is 15.2. The highest BCUT2D eigenvalue weighted by atomic mass is 16.2. The van der Waals surface area contributed by atoms with Crippen molar-refractivity contribution in [2.45, 2.75) is 13.5 Å². The summed E-state index contributed by atoms with van der Waals surface area (Å²) in [5.41, 5.74) is 4.62. The van der Waals surface area contributed by atoms with E-state index in [0.29, 0.717) is 17.9 Å². The maximum absolute atomic E-state index is 12.5. The molecule has 0 aliphatic heterocycles. The number of nitrogens with one attached hydrogen (secondary N) is 1. The fourth-order valence-electron chi connectivity index (χ4n) is 2.71. The molecular formula is C21H22N4O. The van der Waals surface area contributed by atoms with Crippen LogP contribution in [0.15, 0.2) is 60.9 Å². The van der Waals surface area contributed by atoms with Crippen LogP contribution in [0.3, 0.4) is 0 Å². The number of rotatable bonds is 5. The van der Waals surface area contributed by atoms with Crippen LogP contribution in [-0.4, -0.2) is 34.9 Å². The number of hydrogen-bond acceptors (Lipinski definition) is 4. The third-order valence-electron chi connectivity index (χ3n) is 4.14. The molecule has 0 saturated heterocycles. The van der Waals surface area contributed by atoms with Gasteiger partial charge in [-0.05, 0) is 36.2 Å². The van der Waals surface area contributed by atoms with Crippen molar-refractivity contribution in [3.05, 3.63) is 77.6 Å². The minimum atomic E-state index is -0.0810. The van der Waals surface area contributed by atoms with Gasteiger partial charge in [-0.15, -0.1) is 0 Å². The molecule has 1 aromatic carbocycles. The Balaban J connectivity index is 1.98. The quantitative estimate of drug-likeness (QED) is 0.764. The minimum absolute atomic E-state index is 0.0810. The highest BCUT2D eigenvalue weighted by Crippen LogP contribution is 2.25. The van der Waals surface area contributed by atoms with Crippen LogP contribution in [0.5, 0.6) is 0 Å². The molecule has 0 unspecified atom stereocenters. The van der Waals surface area contributed by atoms with E-state index in [-0.39, 0.29) is 5.91 Å². The maximum atomic E-state index is 12.5. The number of pyridine rings is 2. The molecule has 0 saturated carbocycles. The van der Waals surface area contributed by atoms with Crippen LogP contribution in [0.1, 0.15) is 21.5 Å². The number of amides is 1. The molecule has 0 aliphatic carbocycles. The van der Waals surface area contributed by atoms with Crippen molar-refractivity contribution < 1.29 is 4.79 Å². The summed E-state index contributed by atoms with van der Waals surface area (Å²) in [7, 11) is 3.48. The fraction of sp³-hybridized carbons (Fsp3) is 0.190. The van der Waals surface area contributed by atoms with Crippen LogP contribution >= 0.6 is 0 Å². The largest absolute Gasteiger partial charge is 0.365 e. The van der Waals surface area contributed by atoms with Gasteiger partial charge in [-0.3, -0.25) is 9.78 Å². The van der Waals surface area contributed by atoms with Crippen molar-refractivity contribution >= 4 is 11.7 Å². The van der Waals surface area contributed by atoms with E-state index in [4.69, 9.17) is 4.98 Å². The van der Waals surface area contributed by atoms with Crippen molar-refractivity contribution in [3.8, 4) is 11.3 Å². The molecule has 132 valence electrons. The monoisotopic (exact) mass is 346 g/mol. The van der Waals surface area contributed by atoms with Crippen molar-refractivity contribution in [1.29, 1.82) is 0 Å². The first-order valence-electron chi connectivity index (χ1n) is 8.47. The van der Waals surface area contributed by atoms with E-state index in [1.807, 2.05) is 42.5 Å². The number of carbonyl (C=O) groups is 1. The summed E-state index contributed by atoms with van der Waals surface area (Å²) in [4.78, 5) is 22.9. The topological polar surface area (TPSA) is 58.1 Å². The van der Waals surface area contributed by atoms with E-state index in [2.05, 4.69) is 23.3 Å². The lowest BCUT2D eigenvalue weighted by molar-refractivity contribution is 0.0828. The molecular weight excluding hydrogens is 324 g/mol. The van der Waals surface area contributed by atoms with Crippen molar-refractivity contribution in [3.63, 3.8) is 0 Å². The summed E-state index contributed by atoms with van der Waals surface area (Å²) in [6.45, 7) is 2.60. The van der Waals surface area contributed by atoms with Crippen LogP contribution in [0.25, 0.3) is 11.3 Å². The van der Waals surface area contributed by atoms with Gasteiger partial charge in [-0.1, -0.05) is 30.3 Å². The van der Waals surface area contributed by atoms with Gasteiger partial charge in [-0.2, -0.15) is 0 Å². The number of anilines is 1. The Morgan fingerprint density at radius 3 is 2.58 bits per heavy atom. The predicted octanol–water partition coefficient (Wildman–Crippen LogP) is 3.77. The zero-order valence-corrected chi connectivity index (χ0v) is 15.2. The van der Waals surface area contributed by atoms with Crippen LogP contribution in [-0.2, 0) is 6.54 Å². The number of aryl methyl sites for hydroxylation is 1. The van der Waals surface area contributed by atoms with Gasteiger partial charge < -0.3 is 10.2 Å². The zero-order chi connectivity index (χ0) is 18.5. The van der Waals surface area contributed by atoms with E-state index >= 15 is 0 Å². The first kappa shape index (κ1) is 17.6. The molecule has 2 heterocycles. The van der Waals surface area contributed by atoms with E-state index < -0.39 is 0 Å². The molecule has 5 nitrogen and oxygen atoms in total. The van der Waals surface area contributed by atoms with Crippen LogP contribution in [0, 0.1) is 6.92 Å². The van der Waals surface area contributed by atoms with E-state index in [1.54, 1.807) is 31.4 Å². The fourth-order valence-corrected chi connectivity index (χ4v) is 2.71. The summed E-state index contributed by atoms with van der Waals surface area (Å²) in [6.07, 6.45) is 3.53. The Bertz CT molecular complexity index is 907. The normalized spacial score (nSPS) is 10.4.